The topological polar surface area (TPSA) is 205 Å². The van der Waals surface area contributed by atoms with Crippen LogP contribution in [0.25, 0.3) is 0 Å². The fraction of sp³-hybridized carbons (Fsp3) is 0.692. The first kappa shape index (κ1) is 65.9. The number of carboxylic acids is 1. The largest absolute Gasteiger partial charge is 0.479 e. The Balaban J connectivity index is -0.000000233. The number of amides is 3. The highest BCUT2D eigenvalue weighted by molar-refractivity contribution is 8.07. The van der Waals surface area contributed by atoms with Gasteiger partial charge in [-0.05, 0) is 95.4 Å². The van der Waals surface area contributed by atoms with E-state index in [0.717, 1.165) is 0 Å². The van der Waals surface area contributed by atoms with Gasteiger partial charge in [0.15, 0.2) is 7.57 Å². The van der Waals surface area contributed by atoms with Gasteiger partial charge in [0.25, 0.3) is 0 Å². The molecule has 3 aliphatic carbocycles. The van der Waals surface area contributed by atoms with Crippen LogP contribution in [0.5, 0.6) is 0 Å². The predicted octanol–water partition coefficient (Wildman–Crippen LogP) is 7.44. The Hall–Kier alpha value is -3.19. The average Bonchev–Trinajstić information content (AvgIpc) is 4.00. The summed E-state index contributed by atoms with van der Waals surface area (Å²) in [5.74, 6) is -2.32. The van der Waals surface area contributed by atoms with Gasteiger partial charge in [0, 0.05) is 40.1 Å². The molecule has 0 bridgehead atoms. The lowest BCUT2D eigenvalue weighted by atomic mass is 10.2. The third-order valence-corrected chi connectivity index (χ3v) is 7.73. The lowest BCUT2D eigenvalue weighted by Gasteiger charge is -2.23. The summed E-state index contributed by atoms with van der Waals surface area (Å²) in [5.41, 5.74) is -5.02. The molecule has 3 aliphatic rings. The number of alkyl carbamates (subject to hydrolysis) is 3. The molecule has 0 aliphatic heterocycles. The molecule has 0 saturated heterocycles. The maximum absolute atomic E-state index is 11.9. The van der Waals surface area contributed by atoms with E-state index < -0.39 is 69.6 Å². The lowest BCUT2D eigenvalue weighted by molar-refractivity contribution is -0.148. The van der Waals surface area contributed by atoms with Gasteiger partial charge >= 0.3 is 36.2 Å². The van der Waals surface area contributed by atoms with Gasteiger partial charge in [-0.2, -0.15) is 13.5 Å². The van der Waals surface area contributed by atoms with Crippen molar-refractivity contribution < 1.29 is 57.6 Å². The minimum absolute atomic E-state index is 0. The molecular formula is C39H69BN3O12PS4. The van der Waals surface area contributed by atoms with Crippen molar-refractivity contribution in [2.24, 2.45) is 17.8 Å². The van der Waals surface area contributed by atoms with Crippen LogP contribution in [0.1, 0.15) is 110 Å². The van der Waals surface area contributed by atoms with Gasteiger partial charge in [0.1, 0.15) is 33.4 Å². The molecule has 3 amide bonds. The second-order valence-electron chi connectivity index (χ2n) is 15.8. The van der Waals surface area contributed by atoms with E-state index in [4.69, 9.17) is 28.8 Å². The van der Waals surface area contributed by atoms with Crippen molar-refractivity contribution in [1.82, 2.24) is 16.0 Å². The number of carbonyl (C=O) groups excluding carboxylic acids is 5. The van der Waals surface area contributed by atoms with Crippen LogP contribution in [0.2, 0.25) is 0 Å². The first-order valence-electron chi connectivity index (χ1n) is 17.8. The molecule has 0 heterocycles. The Labute approximate surface area is 383 Å². The Bertz CT molecular complexity index is 1400. The zero-order valence-electron chi connectivity index (χ0n) is 35.3. The van der Waals surface area contributed by atoms with Crippen molar-refractivity contribution in [2.75, 3.05) is 13.2 Å². The lowest BCUT2D eigenvalue weighted by Crippen LogP contribution is -2.47. The molecule has 0 aromatic carbocycles. The van der Waals surface area contributed by atoms with E-state index in [1.54, 1.807) is 88.3 Å². The number of carboxylic acid groups (broad SMARTS) is 1. The zero-order valence-corrected chi connectivity index (χ0v) is 39.7. The van der Waals surface area contributed by atoms with Crippen LogP contribution in [0.3, 0.4) is 0 Å². The minimum Gasteiger partial charge on any atom is -0.479 e. The van der Waals surface area contributed by atoms with Gasteiger partial charge in [-0.3, -0.25) is 0 Å². The number of rotatable bonds is 11. The Morgan fingerprint density at radius 1 is 0.650 bits per heavy atom. The molecule has 0 spiro atoms. The third kappa shape index (κ3) is 22.6. The van der Waals surface area contributed by atoms with Gasteiger partial charge in [-0.15, -0.1) is 19.7 Å². The number of aliphatic carboxylic acids is 1. The highest BCUT2D eigenvalue weighted by Crippen LogP contribution is 2.47. The maximum atomic E-state index is 11.9. The van der Waals surface area contributed by atoms with Crippen LogP contribution >= 0.6 is 20.7 Å². The molecule has 0 aromatic heterocycles. The summed E-state index contributed by atoms with van der Waals surface area (Å²) in [4.78, 5) is 69.6. The Kier molecular flexibility index (Phi) is 31.2. The van der Waals surface area contributed by atoms with Crippen LogP contribution in [0.15, 0.2) is 38.0 Å². The molecule has 0 aromatic rings. The number of carbonyl (C=O) groups is 6. The van der Waals surface area contributed by atoms with Gasteiger partial charge in [0.05, 0.1) is 13.2 Å². The van der Waals surface area contributed by atoms with Crippen molar-refractivity contribution in [3.63, 3.8) is 0 Å². The minimum atomic E-state index is -1.22. The maximum Gasteiger partial charge on any atom is 0.408 e. The molecule has 3 fully saturated rings. The van der Waals surface area contributed by atoms with Crippen molar-refractivity contribution in [1.29, 1.82) is 0 Å². The van der Waals surface area contributed by atoms with E-state index in [-0.39, 0.29) is 59.3 Å². The molecule has 3 saturated carbocycles. The highest BCUT2D eigenvalue weighted by atomic mass is 32.8. The second kappa shape index (κ2) is 28.4. The van der Waals surface area contributed by atoms with E-state index in [2.05, 4.69) is 77.4 Å². The zero-order chi connectivity index (χ0) is 45.2. The number of hydrogen-bond donors (Lipinski definition) is 4. The van der Waals surface area contributed by atoms with E-state index in [1.807, 2.05) is 0 Å². The summed E-state index contributed by atoms with van der Waals surface area (Å²) < 4.78 is 25.2. The van der Waals surface area contributed by atoms with Crippen LogP contribution in [0.4, 0.5) is 14.4 Å². The Morgan fingerprint density at radius 3 is 1.03 bits per heavy atom. The molecule has 3 rings (SSSR count). The fourth-order valence-corrected chi connectivity index (χ4v) is 5.00. The number of hydrogen-bond acceptors (Lipinski definition) is 14. The molecule has 0 unspecified atom stereocenters. The second-order valence-corrected chi connectivity index (χ2v) is 16.6. The molecule has 344 valence electrons. The number of esters is 2. The van der Waals surface area contributed by atoms with E-state index in [9.17, 15) is 28.8 Å². The van der Waals surface area contributed by atoms with Gasteiger partial charge < -0.3 is 44.7 Å². The van der Waals surface area contributed by atoms with Crippen molar-refractivity contribution in [3.8, 4) is 0 Å². The summed E-state index contributed by atoms with van der Waals surface area (Å²) in [5, 5.41) is 16.6. The molecule has 4 N–H and O–H groups in total. The fourth-order valence-electron chi connectivity index (χ4n) is 5.00. The smallest absolute Gasteiger partial charge is 0.408 e. The van der Waals surface area contributed by atoms with Crippen molar-refractivity contribution >= 4 is 98.7 Å². The molecular weight excluding hydrogens is 872 g/mol. The van der Waals surface area contributed by atoms with Crippen molar-refractivity contribution in [3.05, 3.63) is 38.0 Å². The van der Waals surface area contributed by atoms with Gasteiger partial charge in [-0.25, -0.2) is 28.8 Å². The molecule has 2 radical (unpaired) electrons. The van der Waals surface area contributed by atoms with Crippen molar-refractivity contribution in [2.45, 2.75) is 144 Å². The first-order chi connectivity index (χ1) is 26.1. The summed E-state index contributed by atoms with van der Waals surface area (Å²) in [6, 6.07) is 0. The summed E-state index contributed by atoms with van der Waals surface area (Å²) in [6.45, 7) is 30.6. The van der Waals surface area contributed by atoms with Gasteiger partial charge in [-0.1, -0.05) is 52.1 Å². The highest BCUT2D eigenvalue weighted by Gasteiger charge is 2.63. The average molecular weight is 942 g/mol. The Morgan fingerprint density at radius 2 is 0.867 bits per heavy atom. The standard InChI is InChI=1S/2C13H21NO4.C11H17NO4.2CH4.BPS.S2.H2S/c2*1-6-9-8-13(9,10(15)17-7-2)14-11(16)18-12(3,4)5;1-5-7-6-11(7,8(13)14)12-9(15)16-10(2,3)4;;;1-2-3;1-2;/h2*6,9H,1,7-8H2,2-5H3,(H,14,16);5,7H,1,6H2,2-4H3,(H,12,15)(H,13,14);2*1H4;;;1H2/t2*9-,13-;7-,11-;;;;;/m100...../s1. The summed E-state index contributed by atoms with van der Waals surface area (Å²) in [6.07, 6.45) is 4.28. The van der Waals surface area contributed by atoms with Crippen LogP contribution in [0, 0.1) is 17.8 Å². The summed E-state index contributed by atoms with van der Waals surface area (Å²) >= 11 is 11.5. The third-order valence-electron chi connectivity index (χ3n) is 7.73. The molecule has 15 nitrogen and oxygen atoms in total. The van der Waals surface area contributed by atoms with E-state index >= 15 is 0 Å². The SMILES string of the molecule is C.C.C=C[C@@H]1C[C@]1(NC(=O)OC(C)(C)C)C(=O)OCC.C=C[C@H]1C[C@@]1(NC(=O)OC(C)(C)C)C(=O)O.C=C[C@H]1C[C@@]1(NC(=O)OC(C)(C)C)C(=O)OCC.S.S=S.[B]P=S. The quantitative estimate of drug-likeness (QED) is 0.0523. The molecule has 6 atom stereocenters. The monoisotopic (exact) mass is 941 g/mol. The van der Waals surface area contributed by atoms with Gasteiger partial charge in [0.2, 0.25) is 0 Å². The van der Waals surface area contributed by atoms with Crippen LogP contribution in [-0.2, 0) is 72.3 Å². The number of ether oxygens (including phenoxy) is 5. The number of nitrogens with one attached hydrogen (secondary N) is 3. The molecule has 21 heteroatoms. The molecule has 60 heavy (non-hydrogen) atoms. The van der Waals surface area contributed by atoms with Crippen LogP contribution < -0.4 is 16.0 Å². The van der Waals surface area contributed by atoms with Crippen LogP contribution in [-0.4, -0.2) is 95.5 Å². The summed E-state index contributed by atoms with van der Waals surface area (Å²) in [7, 11) is 5.13. The van der Waals surface area contributed by atoms with E-state index in [0.29, 0.717) is 26.5 Å². The predicted molar refractivity (Wildman–Crippen MR) is 251 cm³/mol. The van der Waals surface area contributed by atoms with E-state index in [1.165, 1.54) is 6.08 Å². The first-order valence-corrected chi connectivity index (χ1v) is 21.1. The normalized spacial score (nSPS) is 23.6.